The molecule has 1 radical (unpaired) electrons. The summed E-state index contributed by atoms with van der Waals surface area (Å²) in [6.07, 6.45) is 5.88. The van der Waals surface area contributed by atoms with Crippen LogP contribution in [0.15, 0.2) is 59.7 Å². The molecule has 1 amide bonds. The number of pyridine rings is 1. The van der Waals surface area contributed by atoms with Gasteiger partial charge in [-0.3, -0.25) is 19.1 Å². The average molecular weight is 359 g/mol. The lowest BCUT2D eigenvalue weighted by Gasteiger charge is -2.19. The molecule has 2 aromatic heterocycles. The van der Waals surface area contributed by atoms with Crippen LogP contribution in [0.1, 0.15) is 41.5 Å². The molecule has 3 aromatic rings. The van der Waals surface area contributed by atoms with Gasteiger partial charge < -0.3 is 5.32 Å². The fourth-order valence-electron chi connectivity index (χ4n) is 3.34. The quantitative estimate of drug-likeness (QED) is 0.780. The number of carbonyl (C=O) groups is 1. The molecule has 0 bridgehead atoms. The molecule has 0 aliphatic carbocycles. The van der Waals surface area contributed by atoms with Gasteiger partial charge in [0, 0.05) is 36.1 Å². The summed E-state index contributed by atoms with van der Waals surface area (Å²) < 4.78 is 1.68. The minimum Gasteiger partial charge on any atom is -0.342 e. The highest BCUT2D eigenvalue weighted by molar-refractivity contribution is 5.94. The number of hydrogen-bond donors (Lipinski definition) is 1. The third kappa shape index (κ3) is 3.65. The van der Waals surface area contributed by atoms with E-state index in [1.54, 1.807) is 41.2 Å². The molecule has 0 saturated heterocycles. The summed E-state index contributed by atoms with van der Waals surface area (Å²) in [6.45, 7) is 0.613. The number of carbonyl (C=O) groups excluding carboxylic acids is 1. The summed E-state index contributed by atoms with van der Waals surface area (Å²) in [5.41, 5.74) is 1.80. The lowest BCUT2D eigenvalue weighted by atomic mass is 10.1. The molecule has 27 heavy (non-hydrogen) atoms. The van der Waals surface area contributed by atoms with Crippen LogP contribution in [0.25, 0.3) is 11.3 Å². The van der Waals surface area contributed by atoms with Gasteiger partial charge in [-0.15, -0.1) is 0 Å². The van der Waals surface area contributed by atoms with Crippen molar-refractivity contribution in [3.05, 3.63) is 82.7 Å². The van der Waals surface area contributed by atoms with Crippen LogP contribution in [0.2, 0.25) is 0 Å². The Labute approximate surface area is 156 Å². The first-order chi connectivity index (χ1) is 13.2. The maximum absolute atomic E-state index is 12.7. The van der Waals surface area contributed by atoms with Crippen molar-refractivity contribution in [1.82, 2.24) is 19.9 Å². The summed E-state index contributed by atoms with van der Waals surface area (Å²) >= 11 is 0. The van der Waals surface area contributed by atoms with Crippen LogP contribution >= 0.6 is 0 Å². The van der Waals surface area contributed by atoms with Crippen LogP contribution in [-0.2, 0) is 6.54 Å². The summed E-state index contributed by atoms with van der Waals surface area (Å²) in [5.74, 6) is 0.397. The van der Waals surface area contributed by atoms with E-state index in [9.17, 15) is 9.59 Å². The normalized spacial score (nSPS) is 16.2. The molecule has 0 saturated carbocycles. The molecule has 1 N–H and O–H groups in total. The van der Waals surface area contributed by atoms with Crippen molar-refractivity contribution in [3.8, 4) is 11.3 Å². The Balaban J connectivity index is 1.72. The van der Waals surface area contributed by atoms with Crippen LogP contribution < -0.4 is 10.9 Å². The minimum absolute atomic E-state index is 0.0979. The molecule has 1 aromatic carbocycles. The molecule has 4 rings (SSSR count). The average Bonchev–Trinajstić information content (AvgIpc) is 2.92. The van der Waals surface area contributed by atoms with E-state index in [0.29, 0.717) is 23.6 Å². The van der Waals surface area contributed by atoms with Crippen LogP contribution in [0.5, 0.6) is 0 Å². The standard InChI is InChI=1S/C21H19N4O2/c26-19-14-18(15-9-11-22-12-10-15)23-20-17(8-4-5-13-25(19)20)24-21(27)16-6-2-1-3-7-16/h1-3,6,9-12,14,17H,4-5,8,13H2,(H,24,27). The second-order valence-corrected chi connectivity index (χ2v) is 6.52. The van der Waals surface area contributed by atoms with Gasteiger partial charge >= 0.3 is 0 Å². The van der Waals surface area contributed by atoms with Crippen LogP contribution in [0.4, 0.5) is 0 Å². The van der Waals surface area contributed by atoms with Crippen molar-refractivity contribution in [2.24, 2.45) is 0 Å². The zero-order valence-electron chi connectivity index (χ0n) is 14.8. The molecule has 3 heterocycles. The van der Waals surface area contributed by atoms with Crippen molar-refractivity contribution >= 4 is 5.91 Å². The topological polar surface area (TPSA) is 76.9 Å². The molecule has 1 unspecified atom stereocenters. The van der Waals surface area contributed by atoms with E-state index >= 15 is 0 Å². The lowest BCUT2D eigenvalue weighted by molar-refractivity contribution is 0.0932. The lowest BCUT2D eigenvalue weighted by Crippen LogP contribution is -2.34. The molecular formula is C21H19N4O2. The molecule has 1 atom stereocenters. The number of benzene rings is 1. The molecular weight excluding hydrogens is 340 g/mol. The third-order valence-electron chi connectivity index (χ3n) is 4.71. The van der Waals surface area contributed by atoms with Gasteiger partial charge in [0.2, 0.25) is 0 Å². The first-order valence-electron chi connectivity index (χ1n) is 9.02. The van der Waals surface area contributed by atoms with Crippen LogP contribution in [-0.4, -0.2) is 20.4 Å². The Morgan fingerprint density at radius 1 is 1.19 bits per heavy atom. The number of fused-ring (bicyclic) bond motifs is 1. The first-order valence-corrected chi connectivity index (χ1v) is 9.02. The van der Waals surface area contributed by atoms with Crippen molar-refractivity contribution in [3.63, 3.8) is 0 Å². The summed E-state index contributed by atoms with van der Waals surface area (Å²) in [6, 6.07) is 14.9. The summed E-state index contributed by atoms with van der Waals surface area (Å²) in [4.78, 5) is 34.1. The van der Waals surface area contributed by atoms with Crippen LogP contribution in [0.3, 0.4) is 0 Å². The summed E-state index contributed by atoms with van der Waals surface area (Å²) in [5, 5.41) is 3.03. The first kappa shape index (κ1) is 17.1. The molecule has 1 aliphatic rings. The van der Waals surface area contributed by atoms with E-state index in [0.717, 1.165) is 24.8 Å². The number of nitrogens with one attached hydrogen (secondary N) is 1. The maximum Gasteiger partial charge on any atom is 0.254 e. The number of nitrogens with zero attached hydrogens (tertiary/aromatic N) is 3. The molecule has 6 nitrogen and oxygen atoms in total. The molecule has 0 fully saturated rings. The molecule has 0 spiro atoms. The third-order valence-corrected chi connectivity index (χ3v) is 4.71. The largest absolute Gasteiger partial charge is 0.342 e. The van der Waals surface area contributed by atoms with Gasteiger partial charge in [0.1, 0.15) is 5.82 Å². The van der Waals surface area contributed by atoms with Gasteiger partial charge in [-0.2, -0.15) is 0 Å². The van der Waals surface area contributed by atoms with Gasteiger partial charge in [0.15, 0.2) is 0 Å². The Hall–Kier alpha value is -3.28. The van der Waals surface area contributed by atoms with Gasteiger partial charge in [-0.25, -0.2) is 4.98 Å². The highest BCUT2D eigenvalue weighted by Gasteiger charge is 2.24. The van der Waals surface area contributed by atoms with E-state index in [4.69, 9.17) is 4.98 Å². The van der Waals surface area contributed by atoms with Crippen LogP contribution in [0, 0.1) is 6.07 Å². The van der Waals surface area contributed by atoms with Gasteiger partial charge in [0.05, 0.1) is 11.7 Å². The number of rotatable bonds is 3. The van der Waals surface area contributed by atoms with E-state index in [1.165, 1.54) is 0 Å². The predicted molar refractivity (Wildman–Crippen MR) is 101 cm³/mol. The highest BCUT2D eigenvalue weighted by Crippen LogP contribution is 2.24. The predicted octanol–water partition coefficient (Wildman–Crippen LogP) is 2.76. The van der Waals surface area contributed by atoms with Gasteiger partial charge in [0.25, 0.3) is 11.5 Å². The van der Waals surface area contributed by atoms with E-state index < -0.39 is 0 Å². The second kappa shape index (κ2) is 7.53. The Morgan fingerprint density at radius 3 is 2.81 bits per heavy atom. The monoisotopic (exact) mass is 359 g/mol. The van der Waals surface area contributed by atoms with E-state index in [2.05, 4.69) is 16.4 Å². The highest BCUT2D eigenvalue weighted by atomic mass is 16.2. The SMILES string of the molecule is O=C(NC1CCCCn2c1nc(-c1ccncc1)cc2=O)c1[c]cccc1. The number of hydrogen-bond acceptors (Lipinski definition) is 4. The fourth-order valence-corrected chi connectivity index (χ4v) is 3.34. The Kier molecular flexibility index (Phi) is 4.78. The fraction of sp³-hybridized carbons (Fsp3) is 0.238. The Bertz CT molecular complexity index is 1000. The van der Waals surface area contributed by atoms with Crippen molar-refractivity contribution in [1.29, 1.82) is 0 Å². The van der Waals surface area contributed by atoms with Crippen molar-refractivity contribution in [2.45, 2.75) is 31.8 Å². The number of amides is 1. The van der Waals surface area contributed by atoms with Crippen molar-refractivity contribution < 1.29 is 4.79 Å². The molecule has 6 heteroatoms. The number of aromatic nitrogens is 3. The maximum atomic E-state index is 12.7. The summed E-state index contributed by atoms with van der Waals surface area (Å²) in [7, 11) is 0. The second-order valence-electron chi connectivity index (χ2n) is 6.52. The van der Waals surface area contributed by atoms with E-state index in [1.807, 2.05) is 18.2 Å². The molecule has 1 aliphatic heterocycles. The smallest absolute Gasteiger partial charge is 0.254 e. The zero-order valence-corrected chi connectivity index (χ0v) is 14.8. The van der Waals surface area contributed by atoms with Gasteiger partial charge in [-0.05, 0) is 43.5 Å². The van der Waals surface area contributed by atoms with Crippen molar-refractivity contribution in [2.75, 3.05) is 0 Å². The van der Waals surface area contributed by atoms with E-state index in [-0.39, 0.29) is 17.5 Å². The Morgan fingerprint density at radius 2 is 2.04 bits per heavy atom. The van der Waals surface area contributed by atoms with Gasteiger partial charge in [-0.1, -0.05) is 18.2 Å². The molecule has 135 valence electrons. The zero-order chi connectivity index (χ0) is 18.6. The minimum atomic E-state index is -0.317.